The van der Waals surface area contributed by atoms with Gasteiger partial charge in [-0.25, -0.2) is 4.98 Å². The lowest BCUT2D eigenvalue weighted by Crippen LogP contribution is -2.66. The number of benzene rings is 1. The number of nitrogens with one attached hydrogen (secondary N) is 1. The normalized spacial score (nSPS) is 18.7. The highest BCUT2D eigenvalue weighted by Crippen LogP contribution is 2.36. The molecular weight excluding hydrogens is 418 g/mol. The minimum atomic E-state index is -0.0124. The number of hydrogen-bond acceptors (Lipinski definition) is 4. The van der Waals surface area contributed by atoms with Crippen LogP contribution in [0.1, 0.15) is 18.4 Å². The monoisotopic (exact) mass is 435 g/mol. The number of aromatic nitrogens is 1. The standard InChI is InChI=1S/C19H19BrClN3O2/c1-26-18-12(9-24-10-19(11-24)8-7-16(25)23-19)5-6-15(22-18)13-3-2-4-14(20)17(13)21/h2-6H,7-11H2,1H3,(H,23,25). The van der Waals surface area contributed by atoms with Gasteiger partial charge in [-0.15, -0.1) is 0 Å². The SMILES string of the molecule is COc1nc(-c2cccc(Br)c2Cl)ccc1CN1CC2(CCC(=O)N2)C1. The van der Waals surface area contributed by atoms with Gasteiger partial charge in [0.15, 0.2) is 0 Å². The lowest BCUT2D eigenvalue weighted by Gasteiger charge is -2.48. The van der Waals surface area contributed by atoms with Gasteiger partial charge in [0, 0.05) is 41.7 Å². The summed E-state index contributed by atoms with van der Waals surface area (Å²) in [7, 11) is 1.63. The molecule has 1 aromatic heterocycles. The molecule has 1 spiro atoms. The van der Waals surface area contributed by atoms with Crippen molar-refractivity contribution < 1.29 is 9.53 Å². The third-order valence-corrected chi connectivity index (χ3v) is 6.34. The molecule has 1 N–H and O–H groups in total. The number of amides is 1. The number of rotatable bonds is 4. The van der Waals surface area contributed by atoms with Gasteiger partial charge in [0.05, 0.1) is 23.4 Å². The zero-order valence-electron chi connectivity index (χ0n) is 14.4. The second-order valence-corrected chi connectivity index (χ2v) is 8.17. The number of methoxy groups -OCH3 is 1. The Bertz CT molecular complexity index is 868. The van der Waals surface area contributed by atoms with Crippen molar-refractivity contribution in [3.8, 4) is 17.1 Å². The Morgan fingerprint density at radius 2 is 2.15 bits per heavy atom. The Labute approximate surface area is 165 Å². The summed E-state index contributed by atoms with van der Waals surface area (Å²) in [6.07, 6.45) is 1.57. The molecular formula is C19H19BrClN3O2. The summed E-state index contributed by atoms with van der Waals surface area (Å²) in [5.41, 5.74) is 2.66. The second-order valence-electron chi connectivity index (χ2n) is 6.94. The quantitative estimate of drug-likeness (QED) is 0.795. The summed E-state index contributed by atoms with van der Waals surface area (Å²) in [5.74, 6) is 0.772. The molecule has 26 heavy (non-hydrogen) atoms. The van der Waals surface area contributed by atoms with Crippen molar-refractivity contribution in [1.82, 2.24) is 15.2 Å². The van der Waals surface area contributed by atoms with Gasteiger partial charge in [-0.1, -0.05) is 29.8 Å². The van der Waals surface area contributed by atoms with Crippen molar-refractivity contribution in [2.75, 3.05) is 20.2 Å². The van der Waals surface area contributed by atoms with Gasteiger partial charge in [-0.3, -0.25) is 9.69 Å². The van der Waals surface area contributed by atoms with E-state index >= 15 is 0 Å². The van der Waals surface area contributed by atoms with Gasteiger partial charge < -0.3 is 10.1 Å². The van der Waals surface area contributed by atoms with E-state index in [9.17, 15) is 4.79 Å². The van der Waals surface area contributed by atoms with Crippen LogP contribution in [0.5, 0.6) is 5.88 Å². The fourth-order valence-electron chi connectivity index (χ4n) is 3.79. The Kier molecular flexibility index (Phi) is 4.67. The number of ether oxygens (including phenoxy) is 1. The largest absolute Gasteiger partial charge is 0.481 e. The predicted molar refractivity (Wildman–Crippen MR) is 104 cm³/mol. The van der Waals surface area contributed by atoms with Gasteiger partial charge in [-0.05, 0) is 34.5 Å². The number of carbonyl (C=O) groups is 1. The summed E-state index contributed by atoms with van der Waals surface area (Å²) in [6, 6.07) is 9.78. The Hall–Kier alpha value is -1.63. The van der Waals surface area contributed by atoms with Crippen LogP contribution >= 0.6 is 27.5 Å². The smallest absolute Gasteiger partial charge is 0.220 e. The van der Waals surface area contributed by atoms with Crippen LogP contribution in [-0.2, 0) is 11.3 Å². The van der Waals surface area contributed by atoms with Crippen molar-refractivity contribution in [2.24, 2.45) is 0 Å². The van der Waals surface area contributed by atoms with E-state index < -0.39 is 0 Å². The van der Waals surface area contributed by atoms with Crippen LogP contribution in [0.25, 0.3) is 11.3 Å². The number of nitrogens with zero attached hydrogens (tertiary/aromatic N) is 2. The fourth-order valence-corrected chi connectivity index (χ4v) is 4.38. The van der Waals surface area contributed by atoms with Gasteiger partial charge in [-0.2, -0.15) is 0 Å². The maximum atomic E-state index is 11.5. The number of pyridine rings is 1. The third kappa shape index (κ3) is 3.21. The lowest BCUT2D eigenvalue weighted by molar-refractivity contribution is -0.120. The van der Waals surface area contributed by atoms with E-state index in [1.807, 2.05) is 30.3 Å². The third-order valence-electron chi connectivity index (χ3n) is 5.04. The molecule has 0 atom stereocenters. The summed E-state index contributed by atoms with van der Waals surface area (Å²) >= 11 is 9.84. The predicted octanol–water partition coefficient (Wildman–Crippen LogP) is 3.64. The van der Waals surface area contributed by atoms with Gasteiger partial charge >= 0.3 is 0 Å². The minimum Gasteiger partial charge on any atom is -0.481 e. The van der Waals surface area contributed by atoms with Crippen molar-refractivity contribution in [3.05, 3.63) is 45.4 Å². The summed E-state index contributed by atoms with van der Waals surface area (Å²) in [6.45, 7) is 2.50. The topological polar surface area (TPSA) is 54.5 Å². The molecule has 1 aromatic carbocycles. The van der Waals surface area contributed by atoms with Crippen molar-refractivity contribution in [1.29, 1.82) is 0 Å². The highest BCUT2D eigenvalue weighted by molar-refractivity contribution is 9.10. The molecule has 0 bridgehead atoms. The fraction of sp³-hybridized carbons (Fsp3) is 0.368. The molecule has 0 saturated carbocycles. The van der Waals surface area contributed by atoms with Crippen molar-refractivity contribution >= 4 is 33.4 Å². The molecule has 2 aliphatic rings. The average molecular weight is 437 g/mol. The zero-order chi connectivity index (χ0) is 18.3. The van der Waals surface area contributed by atoms with E-state index in [1.165, 1.54) is 0 Å². The maximum Gasteiger partial charge on any atom is 0.220 e. The Morgan fingerprint density at radius 1 is 1.35 bits per heavy atom. The number of likely N-dealkylation sites (tertiary alicyclic amines) is 1. The van der Waals surface area contributed by atoms with Crippen LogP contribution in [0.2, 0.25) is 5.02 Å². The van der Waals surface area contributed by atoms with Crippen molar-refractivity contribution in [2.45, 2.75) is 24.9 Å². The molecule has 136 valence electrons. The number of halogens is 2. The molecule has 2 aromatic rings. The van der Waals surface area contributed by atoms with Crippen LogP contribution in [0.4, 0.5) is 0 Å². The maximum absolute atomic E-state index is 11.5. The van der Waals surface area contributed by atoms with Crippen LogP contribution in [0, 0.1) is 0 Å². The van der Waals surface area contributed by atoms with Crippen LogP contribution in [0.3, 0.4) is 0 Å². The van der Waals surface area contributed by atoms with Crippen LogP contribution in [-0.4, -0.2) is 41.5 Å². The highest BCUT2D eigenvalue weighted by atomic mass is 79.9. The van der Waals surface area contributed by atoms with E-state index in [2.05, 4.69) is 31.1 Å². The number of hydrogen-bond donors (Lipinski definition) is 1. The second kappa shape index (κ2) is 6.83. The minimum absolute atomic E-state index is 0.0124. The summed E-state index contributed by atoms with van der Waals surface area (Å²) in [4.78, 5) is 18.4. The van der Waals surface area contributed by atoms with Crippen LogP contribution < -0.4 is 10.1 Å². The summed E-state index contributed by atoms with van der Waals surface area (Å²) < 4.78 is 6.36. The Balaban J connectivity index is 1.51. The molecule has 2 aliphatic heterocycles. The molecule has 2 saturated heterocycles. The molecule has 3 heterocycles. The van der Waals surface area contributed by atoms with Gasteiger partial charge in [0.25, 0.3) is 0 Å². The molecule has 4 rings (SSSR count). The van der Waals surface area contributed by atoms with E-state index in [0.29, 0.717) is 17.3 Å². The first kappa shape index (κ1) is 17.8. The highest BCUT2D eigenvalue weighted by Gasteiger charge is 2.47. The van der Waals surface area contributed by atoms with Crippen molar-refractivity contribution in [3.63, 3.8) is 0 Å². The summed E-state index contributed by atoms with van der Waals surface area (Å²) in [5, 5.41) is 3.74. The lowest BCUT2D eigenvalue weighted by atomic mass is 9.88. The van der Waals surface area contributed by atoms with Gasteiger partial charge in [0.1, 0.15) is 0 Å². The molecule has 0 radical (unpaired) electrons. The first-order valence-corrected chi connectivity index (χ1v) is 9.68. The van der Waals surface area contributed by atoms with Gasteiger partial charge in [0.2, 0.25) is 11.8 Å². The van der Waals surface area contributed by atoms with E-state index in [1.54, 1.807) is 7.11 Å². The molecule has 5 nitrogen and oxygen atoms in total. The molecule has 7 heteroatoms. The van der Waals surface area contributed by atoms with E-state index in [0.717, 1.165) is 47.3 Å². The van der Waals surface area contributed by atoms with E-state index in [4.69, 9.17) is 16.3 Å². The molecule has 0 aliphatic carbocycles. The molecule has 2 fully saturated rings. The van der Waals surface area contributed by atoms with Crippen LogP contribution in [0.15, 0.2) is 34.8 Å². The zero-order valence-corrected chi connectivity index (χ0v) is 16.7. The number of carbonyl (C=O) groups excluding carboxylic acids is 1. The molecule has 0 unspecified atom stereocenters. The first-order chi connectivity index (χ1) is 12.5. The van der Waals surface area contributed by atoms with E-state index in [-0.39, 0.29) is 11.4 Å². The molecule has 1 amide bonds. The Morgan fingerprint density at radius 3 is 2.85 bits per heavy atom. The first-order valence-electron chi connectivity index (χ1n) is 8.51. The average Bonchev–Trinajstić information content (AvgIpc) is 2.99.